The Labute approximate surface area is 184 Å². The second-order valence-corrected chi connectivity index (χ2v) is 7.79. The SMILES string of the molecule is CCn1cc(C#N)c(=O)n(CC(=O)c2cc(C)n(CCc3ccc(Cl)cc3)c2C)c1=O. The average molecular weight is 439 g/mol. The van der Waals surface area contributed by atoms with E-state index in [1.165, 1.54) is 10.8 Å². The number of carbonyl (C=O) groups excluding carboxylic acids is 1. The van der Waals surface area contributed by atoms with Crippen molar-refractivity contribution in [2.45, 2.75) is 46.8 Å². The van der Waals surface area contributed by atoms with Crippen LogP contribution >= 0.6 is 11.6 Å². The van der Waals surface area contributed by atoms with Crippen molar-refractivity contribution >= 4 is 17.4 Å². The maximum Gasteiger partial charge on any atom is 0.331 e. The number of Topliss-reactive ketones (excluding diaryl/α,β-unsaturated/α-hetero) is 1. The Kier molecular flexibility index (Phi) is 6.62. The third-order valence-corrected chi connectivity index (χ3v) is 5.66. The monoisotopic (exact) mass is 438 g/mol. The maximum absolute atomic E-state index is 13.0. The Balaban J connectivity index is 1.88. The summed E-state index contributed by atoms with van der Waals surface area (Å²) >= 11 is 5.94. The van der Waals surface area contributed by atoms with E-state index < -0.39 is 17.8 Å². The zero-order valence-corrected chi connectivity index (χ0v) is 18.4. The first-order valence-electron chi connectivity index (χ1n) is 9.95. The van der Waals surface area contributed by atoms with Crippen molar-refractivity contribution in [2.75, 3.05) is 0 Å². The van der Waals surface area contributed by atoms with Gasteiger partial charge in [0.05, 0.1) is 6.54 Å². The highest BCUT2D eigenvalue weighted by Gasteiger charge is 2.19. The van der Waals surface area contributed by atoms with Crippen LogP contribution in [-0.2, 0) is 26.1 Å². The van der Waals surface area contributed by atoms with E-state index in [0.29, 0.717) is 23.7 Å². The Morgan fingerprint density at radius 3 is 2.42 bits per heavy atom. The van der Waals surface area contributed by atoms with Crippen LogP contribution in [0, 0.1) is 25.2 Å². The first-order chi connectivity index (χ1) is 14.8. The highest BCUT2D eigenvalue weighted by atomic mass is 35.5. The molecular formula is C23H23ClN4O3. The molecule has 160 valence electrons. The van der Waals surface area contributed by atoms with E-state index in [-0.39, 0.29) is 11.3 Å². The number of hydrogen-bond acceptors (Lipinski definition) is 4. The fourth-order valence-electron chi connectivity index (χ4n) is 3.64. The Bertz CT molecular complexity index is 1290. The summed E-state index contributed by atoms with van der Waals surface area (Å²) in [4.78, 5) is 38.0. The molecule has 7 nitrogen and oxygen atoms in total. The average Bonchev–Trinajstić information content (AvgIpc) is 3.04. The number of halogens is 1. The lowest BCUT2D eigenvalue weighted by atomic mass is 10.1. The van der Waals surface area contributed by atoms with Crippen LogP contribution in [0.1, 0.15) is 39.8 Å². The zero-order chi connectivity index (χ0) is 22.7. The summed E-state index contributed by atoms with van der Waals surface area (Å²) in [6, 6.07) is 11.2. The van der Waals surface area contributed by atoms with Crippen LogP contribution in [0.2, 0.25) is 5.02 Å². The maximum atomic E-state index is 13.0. The third kappa shape index (κ3) is 4.54. The predicted octanol–water partition coefficient (Wildman–Crippen LogP) is 3.10. The lowest BCUT2D eigenvalue weighted by Crippen LogP contribution is -2.42. The molecule has 0 saturated carbocycles. The van der Waals surface area contributed by atoms with E-state index in [4.69, 9.17) is 11.6 Å². The molecule has 3 aromatic rings. The summed E-state index contributed by atoms with van der Waals surface area (Å²) < 4.78 is 4.13. The molecule has 0 unspecified atom stereocenters. The zero-order valence-electron chi connectivity index (χ0n) is 17.7. The smallest absolute Gasteiger partial charge is 0.331 e. The van der Waals surface area contributed by atoms with Crippen LogP contribution in [0.3, 0.4) is 0 Å². The molecule has 0 aliphatic rings. The van der Waals surface area contributed by atoms with Gasteiger partial charge in [0.25, 0.3) is 5.56 Å². The van der Waals surface area contributed by atoms with E-state index in [9.17, 15) is 19.6 Å². The van der Waals surface area contributed by atoms with Gasteiger partial charge < -0.3 is 4.57 Å². The molecule has 2 heterocycles. The molecule has 31 heavy (non-hydrogen) atoms. The molecule has 0 aliphatic heterocycles. The molecule has 0 fully saturated rings. The lowest BCUT2D eigenvalue weighted by molar-refractivity contribution is 0.0967. The molecule has 0 N–H and O–H groups in total. The van der Waals surface area contributed by atoms with Crippen LogP contribution < -0.4 is 11.2 Å². The summed E-state index contributed by atoms with van der Waals surface area (Å²) in [5, 5.41) is 9.87. The fourth-order valence-corrected chi connectivity index (χ4v) is 3.77. The van der Waals surface area contributed by atoms with E-state index in [1.54, 1.807) is 19.1 Å². The Morgan fingerprint density at radius 2 is 1.81 bits per heavy atom. The third-order valence-electron chi connectivity index (χ3n) is 5.41. The number of aryl methyl sites for hydroxylation is 3. The minimum absolute atomic E-state index is 0.164. The number of nitrogens with zero attached hydrogens (tertiary/aromatic N) is 4. The molecule has 0 atom stereocenters. The van der Waals surface area contributed by atoms with Crippen LogP contribution in [0.5, 0.6) is 0 Å². The molecule has 0 bridgehead atoms. The van der Waals surface area contributed by atoms with E-state index in [1.807, 2.05) is 42.7 Å². The van der Waals surface area contributed by atoms with Gasteiger partial charge in [-0.3, -0.25) is 18.7 Å². The number of nitriles is 1. The van der Waals surface area contributed by atoms with Gasteiger partial charge in [-0.05, 0) is 51.0 Å². The van der Waals surface area contributed by atoms with E-state index in [2.05, 4.69) is 0 Å². The highest BCUT2D eigenvalue weighted by Crippen LogP contribution is 2.18. The fraction of sp³-hybridized carbons (Fsp3) is 0.304. The van der Waals surface area contributed by atoms with E-state index >= 15 is 0 Å². The number of hydrogen-bond donors (Lipinski definition) is 0. The van der Waals surface area contributed by atoms with Gasteiger partial charge in [0, 0.05) is 41.3 Å². The van der Waals surface area contributed by atoms with Crippen molar-refractivity contribution in [3.63, 3.8) is 0 Å². The first-order valence-corrected chi connectivity index (χ1v) is 10.3. The van der Waals surface area contributed by atoms with Gasteiger partial charge >= 0.3 is 5.69 Å². The summed E-state index contributed by atoms with van der Waals surface area (Å²) in [6.07, 6.45) is 2.00. The molecule has 0 radical (unpaired) electrons. The van der Waals surface area contributed by atoms with Crippen molar-refractivity contribution < 1.29 is 4.79 Å². The van der Waals surface area contributed by atoms with Crippen LogP contribution in [0.15, 0.2) is 46.1 Å². The van der Waals surface area contributed by atoms with Crippen molar-refractivity contribution in [3.8, 4) is 6.07 Å². The number of benzene rings is 1. The van der Waals surface area contributed by atoms with Gasteiger partial charge in [-0.1, -0.05) is 23.7 Å². The molecule has 2 aromatic heterocycles. The van der Waals surface area contributed by atoms with Crippen molar-refractivity contribution in [2.24, 2.45) is 0 Å². The van der Waals surface area contributed by atoms with Gasteiger partial charge in [-0.2, -0.15) is 5.26 Å². The minimum atomic E-state index is -0.748. The quantitative estimate of drug-likeness (QED) is 0.530. The Hall–Kier alpha value is -3.37. The highest BCUT2D eigenvalue weighted by molar-refractivity contribution is 6.30. The number of carbonyl (C=O) groups is 1. The van der Waals surface area contributed by atoms with Gasteiger partial charge in [0.2, 0.25) is 0 Å². The molecule has 0 amide bonds. The lowest BCUT2D eigenvalue weighted by Gasteiger charge is -2.11. The number of aromatic nitrogens is 3. The second-order valence-electron chi connectivity index (χ2n) is 7.35. The molecule has 0 aliphatic carbocycles. The normalized spacial score (nSPS) is 10.8. The Morgan fingerprint density at radius 1 is 1.13 bits per heavy atom. The summed E-state index contributed by atoms with van der Waals surface area (Å²) in [7, 11) is 0. The van der Waals surface area contributed by atoms with Crippen molar-refractivity contribution in [1.29, 1.82) is 5.26 Å². The largest absolute Gasteiger partial charge is 0.348 e. The van der Waals surface area contributed by atoms with Crippen LogP contribution in [0.25, 0.3) is 0 Å². The van der Waals surface area contributed by atoms with Crippen molar-refractivity contribution in [1.82, 2.24) is 13.7 Å². The molecule has 1 aromatic carbocycles. The van der Waals surface area contributed by atoms with Crippen LogP contribution in [-0.4, -0.2) is 19.5 Å². The molecule has 0 spiro atoms. The minimum Gasteiger partial charge on any atom is -0.348 e. The number of ketones is 1. The topological polar surface area (TPSA) is 89.8 Å². The summed E-state index contributed by atoms with van der Waals surface area (Å²) in [5.41, 5.74) is 1.77. The second kappa shape index (κ2) is 9.19. The van der Waals surface area contributed by atoms with Gasteiger partial charge in [-0.25, -0.2) is 4.79 Å². The molecule has 3 rings (SSSR count). The van der Waals surface area contributed by atoms with Gasteiger partial charge in [-0.15, -0.1) is 0 Å². The molecular weight excluding hydrogens is 416 g/mol. The standard InChI is InChI=1S/C23H23ClN4O3/c1-4-26-13-18(12-25)22(30)28(23(26)31)14-21(29)20-11-15(2)27(16(20)3)10-9-17-5-7-19(24)8-6-17/h5-8,11,13H,4,9-10,14H2,1-3H3. The summed E-state index contributed by atoms with van der Waals surface area (Å²) in [6.45, 7) is 6.06. The first kappa shape index (κ1) is 22.3. The van der Waals surface area contributed by atoms with Gasteiger partial charge in [0.1, 0.15) is 11.6 Å². The van der Waals surface area contributed by atoms with E-state index in [0.717, 1.165) is 27.9 Å². The summed E-state index contributed by atoms with van der Waals surface area (Å²) in [5.74, 6) is -0.345. The number of rotatable bonds is 7. The molecule has 8 heteroatoms. The van der Waals surface area contributed by atoms with Crippen LogP contribution in [0.4, 0.5) is 0 Å². The predicted molar refractivity (Wildman–Crippen MR) is 119 cm³/mol. The molecule has 0 saturated heterocycles. The van der Waals surface area contributed by atoms with Crippen molar-refractivity contribution in [3.05, 3.63) is 90.5 Å². The van der Waals surface area contributed by atoms with Gasteiger partial charge in [0.15, 0.2) is 5.78 Å².